The Morgan fingerprint density at radius 1 is 0.492 bits per heavy atom. The molecule has 36 heteroatoms. The molecule has 5 aliphatic rings. The van der Waals surface area contributed by atoms with Crippen molar-refractivity contribution < 1.29 is 117 Å². The van der Waals surface area contributed by atoms with Gasteiger partial charge in [-0.25, -0.2) is 64.4 Å². The maximum Gasteiger partial charge on any atom is 0.207 e. The second-order valence-electron chi connectivity index (χ2n) is 33.4. The quantitative estimate of drug-likeness (QED) is 0.0472. The van der Waals surface area contributed by atoms with Gasteiger partial charge in [0.05, 0.1) is 71.2 Å². The first kappa shape index (κ1) is 101. The van der Waals surface area contributed by atoms with Crippen LogP contribution in [0.25, 0.3) is 4.91 Å². The van der Waals surface area contributed by atoms with E-state index in [4.69, 9.17) is 98.6 Å². The van der Waals surface area contributed by atoms with Crippen LogP contribution in [0.5, 0.6) is 23.0 Å². The lowest BCUT2D eigenvalue weighted by atomic mass is 9.82. The number of ether oxygens (including phenoxy) is 7. The number of hydrogen-bond acceptors (Lipinski definition) is 19. The lowest BCUT2D eigenvalue weighted by Gasteiger charge is -2.48. The molecule has 8 aromatic carbocycles. The van der Waals surface area contributed by atoms with E-state index < -0.39 is 165 Å². The molecule has 124 heavy (non-hydrogen) atoms. The number of halogens is 11. The first-order valence-electron chi connectivity index (χ1n) is 39.8. The van der Waals surface area contributed by atoms with Gasteiger partial charge in [0.1, 0.15) is 89.0 Å². The standard InChI is InChI=1S/C25H33ClF2O5SSi.C19H19ClF2O5S.C19H18ClFO4S.C15H9ClF2O3S.C10H24O2Si/c1-16(13-14-32-35(5,6)25(2,3)4)33-21-15-31-23-20(28)12-11-19(27)22(23)24(21)34(29,30)18-9-7-17(26)8-10-18;1-11(8-9-23)27-16-10-26-18-15(22)7-6-14(21)17(18)19(16)28(24,25)13-4-2-12(20)3-5-13;1-12-9-10-19(26(22,23)14-7-5-13(20)6-8-14)17(25-12)11-24-16-4-2-3-15(21)18(16)19;16-9-1-3-10(4-2-9)22(19,20)13-7-8-21-15-12(18)6-5-11(17)14(13)15;1-9(11)7-8-12-13(5,6)10(2,3)4/h7-12,16,21,24H,13-15H2,1-6H3;2-7,11,16,19,23H,8-10H2,1H3;2-8,12,17H,9-11H2,1H3;1-7H,8H2;9,11H,7-8H2,1-6H3/t16-,21?,24?;11-,16?,19?;12-,17-,19+;;9-/m111.1/s1. The number of hydrogen-bond donors (Lipinski definition) is 2. The van der Waals surface area contributed by atoms with Gasteiger partial charge < -0.3 is 52.2 Å². The van der Waals surface area contributed by atoms with Gasteiger partial charge in [-0.15, -0.1) is 0 Å². The predicted octanol–water partition coefficient (Wildman–Crippen LogP) is 21.1. The van der Waals surface area contributed by atoms with E-state index in [1.165, 1.54) is 115 Å². The van der Waals surface area contributed by atoms with Gasteiger partial charge >= 0.3 is 0 Å². The summed E-state index contributed by atoms with van der Waals surface area (Å²) < 4.78 is 258. The smallest absolute Gasteiger partial charge is 0.207 e. The van der Waals surface area contributed by atoms with Crippen LogP contribution in [0.3, 0.4) is 0 Å². The molecule has 10 atom stereocenters. The maximum absolute atomic E-state index is 15.0. The molecule has 1 saturated heterocycles. The van der Waals surface area contributed by atoms with E-state index >= 15 is 0 Å². The van der Waals surface area contributed by atoms with Gasteiger partial charge in [0.25, 0.3) is 0 Å². The fourth-order valence-electron chi connectivity index (χ4n) is 13.7. The van der Waals surface area contributed by atoms with Gasteiger partial charge in [-0.1, -0.05) is 94.0 Å². The number of aliphatic hydroxyl groups is 2. The molecule has 0 aromatic heterocycles. The topological polar surface area (TPSA) is 260 Å². The van der Waals surface area contributed by atoms with E-state index in [1.54, 1.807) is 26.8 Å². The van der Waals surface area contributed by atoms with Crippen molar-refractivity contribution >= 4 is 107 Å². The summed E-state index contributed by atoms with van der Waals surface area (Å²) in [4.78, 5) is -0.429. The normalized spacial score (nSPS) is 20.2. The van der Waals surface area contributed by atoms with Crippen molar-refractivity contribution in [3.05, 3.63) is 241 Å². The number of rotatable bonds is 22. The molecule has 5 aliphatic heterocycles. The molecule has 0 amide bonds. The zero-order chi connectivity index (χ0) is 91.8. The Labute approximate surface area is 743 Å². The molecule has 19 nitrogen and oxygen atoms in total. The van der Waals surface area contributed by atoms with Crippen molar-refractivity contribution in [1.82, 2.24) is 0 Å². The highest BCUT2D eigenvalue weighted by Gasteiger charge is 2.60. The minimum atomic E-state index is -4.18. The summed E-state index contributed by atoms with van der Waals surface area (Å²) in [6, 6.07) is 32.1. The summed E-state index contributed by atoms with van der Waals surface area (Å²) in [5.41, 5.74) is -1.08. The van der Waals surface area contributed by atoms with Crippen LogP contribution in [-0.4, -0.2) is 149 Å². The van der Waals surface area contributed by atoms with E-state index in [0.29, 0.717) is 46.1 Å². The van der Waals surface area contributed by atoms with Crippen molar-refractivity contribution in [2.24, 2.45) is 0 Å². The molecule has 678 valence electrons. The van der Waals surface area contributed by atoms with Crippen LogP contribution in [0, 0.1) is 40.7 Å². The van der Waals surface area contributed by atoms with Crippen LogP contribution >= 0.6 is 46.4 Å². The molecule has 13 rings (SSSR count). The molecule has 0 aliphatic carbocycles. The Morgan fingerprint density at radius 2 is 0.895 bits per heavy atom. The van der Waals surface area contributed by atoms with Gasteiger partial charge in [0.2, 0.25) is 9.84 Å². The molecule has 0 radical (unpaired) electrons. The second kappa shape index (κ2) is 41.4. The minimum absolute atomic E-state index is 0.0529. The molecular formula is C88H103Cl4F7O19S4Si2. The summed E-state index contributed by atoms with van der Waals surface area (Å²) in [7, 11) is -19.9. The molecule has 0 bridgehead atoms. The summed E-state index contributed by atoms with van der Waals surface area (Å²) in [5, 5.41) is 17.0. The SMILES string of the molecule is C[C@@H](O)CCO[Si](C)(C)C(C)(C)C.C[C@@H]1CC[C@@]2(S(=O)(=O)c3ccc(Cl)cc3)c3c(F)cccc3OC[C@H]2O1.C[C@H](CCO)OC1COc2c(F)ccc(F)c2C1S(=O)(=O)c1ccc(Cl)cc1.C[C@H](CCO[Si](C)(C)C(C)(C)C)OC1COc2c(F)ccc(F)c2C1S(=O)(=O)c1ccc(Cl)cc1.O=S(=O)(C1=CCOc2c(F)ccc(F)c21)c1ccc(Cl)cc1. The monoisotopic (exact) mass is 1920 g/mol. The summed E-state index contributed by atoms with van der Waals surface area (Å²) in [5.74, 6) is -6.68. The van der Waals surface area contributed by atoms with E-state index in [0.717, 1.165) is 42.8 Å². The third kappa shape index (κ3) is 23.1. The third-order valence-corrected chi connectivity index (χ3v) is 41.3. The Hall–Kier alpha value is -6.68. The molecule has 0 spiro atoms. The van der Waals surface area contributed by atoms with E-state index in [1.807, 2.05) is 6.92 Å². The van der Waals surface area contributed by atoms with E-state index in [-0.39, 0.29) is 115 Å². The van der Waals surface area contributed by atoms with Crippen LogP contribution < -0.4 is 18.9 Å². The lowest BCUT2D eigenvalue weighted by molar-refractivity contribution is -0.0933. The van der Waals surface area contributed by atoms with Crippen molar-refractivity contribution in [2.45, 2.75) is 215 Å². The van der Waals surface area contributed by atoms with Crippen LogP contribution in [0.15, 0.2) is 177 Å². The van der Waals surface area contributed by atoms with E-state index in [9.17, 15) is 64.4 Å². The van der Waals surface area contributed by atoms with Crippen LogP contribution in [0.1, 0.15) is 134 Å². The highest BCUT2D eigenvalue weighted by molar-refractivity contribution is 8.00. The second-order valence-corrected chi connectivity index (χ2v) is 53.1. The van der Waals surface area contributed by atoms with Crippen molar-refractivity contribution in [3.8, 4) is 23.0 Å². The summed E-state index contributed by atoms with van der Waals surface area (Å²) in [6.07, 6.45) is -0.716. The highest BCUT2D eigenvalue weighted by atomic mass is 35.5. The number of benzene rings is 8. The van der Waals surface area contributed by atoms with E-state index in [2.05, 4.69) is 67.7 Å². The molecule has 8 aromatic rings. The van der Waals surface area contributed by atoms with Crippen molar-refractivity contribution in [2.75, 3.05) is 46.2 Å². The lowest BCUT2D eigenvalue weighted by Crippen LogP contribution is -2.57. The molecule has 5 heterocycles. The number of fused-ring (bicyclic) bond motifs is 6. The molecular weight excluding hydrogens is 1820 g/mol. The molecule has 1 fully saturated rings. The Bertz CT molecular complexity index is 5560. The third-order valence-electron chi connectivity index (χ3n) is 22.6. The minimum Gasteiger partial charge on any atom is -0.490 e. The van der Waals surface area contributed by atoms with Gasteiger partial charge in [-0.3, -0.25) is 0 Å². The van der Waals surface area contributed by atoms with Gasteiger partial charge in [-0.05, 0) is 248 Å². The van der Waals surface area contributed by atoms with Crippen LogP contribution in [0.2, 0.25) is 56.4 Å². The number of sulfone groups is 4. The fraction of sp³-hybridized carbons (Fsp3) is 0.432. The Balaban J connectivity index is 0.000000181. The number of aliphatic hydroxyl groups excluding tert-OH is 2. The molecule has 4 unspecified atom stereocenters. The van der Waals surface area contributed by atoms with Gasteiger partial charge in [-0.2, -0.15) is 0 Å². The largest absolute Gasteiger partial charge is 0.490 e. The Kier molecular flexibility index (Phi) is 33.7. The Morgan fingerprint density at radius 3 is 1.33 bits per heavy atom. The fourth-order valence-corrected chi connectivity index (χ4v) is 23.9. The molecule has 0 saturated carbocycles. The van der Waals surface area contributed by atoms with Crippen LogP contribution in [-0.2, 0) is 67.2 Å². The van der Waals surface area contributed by atoms with Crippen molar-refractivity contribution in [3.63, 3.8) is 0 Å². The van der Waals surface area contributed by atoms with Gasteiger partial charge in [0.15, 0.2) is 80.8 Å². The molecule has 2 N–H and O–H groups in total. The van der Waals surface area contributed by atoms with Gasteiger partial charge in [0, 0.05) is 39.9 Å². The van der Waals surface area contributed by atoms with Crippen LogP contribution in [0.4, 0.5) is 30.7 Å². The maximum atomic E-state index is 15.0. The first-order chi connectivity index (χ1) is 57.8. The zero-order valence-corrected chi connectivity index (χ0v) is 79.1. The summed E-state index contributed by atoms with van der Waals surface area (Å²) in [6.45, 7) is 29.4. The first-order valence-corrected chi connectivity index (χ1v) is 53.2. The average Bonchev–Trinajstić information content (AvgIpc) is 0.699. The predicted molar refractivity (Wildman–Crippen MR) is 468 cm³/mol. The van der Waals surface area contributed by atoms with Crippen molar-refractivity contribution in [1.29, 1.82) is 0 Å². The highest BCUT2D eigenvalue weighted by Crippen LogP contribution is 2.54. The summed E-state index contributed by atoms with van der Waals surface area (Å²) >= 11 is 23.4. The zero-order valence-electron chi connectivity index (χ0n) is 70.8. The average molecular weight is 1920 g/mol.